The van der Waals surface area contributed by atoms with Crippen molar-refractivity contribution < 1.29 is 17.0 Å². The van der Waals surface area contributed by atoms with Crippen LogP contribution in [0.3, 0.4) is 0 Å². The van der Waals surface area contributed by atoms with Crippen molar-refractivity contribution in [2.24, 2.45) is 0 Å². The summed E-state index contributed by atoms with van der Waals surface area (Å²) < 4.78 is 42.9. The molecule has 0 heterocycles. The van der Waals surface area contributed by atoms with E-state index in [4.69, 9.17) is 4.18 Å². The van der Waals surface area contributed by atoms with Crippen molar-refractivity contribution in [2.75, 3.05) is 0 Å². The molecule has 0 aliphatic heterocycles. The third-order valence-corrected chi connectivity index (χ3v) is 4.59. The first-order chi connectivity index (χ1) is 10.5. The third-order valence-electron chi connectivity index (χ3n) is 3.34. The molecular weight excluding hydrogens is 303 g/mol. The molecule has 3 rings (SSSR count). The van der Waals surface area contributed by atoms with Crippen LogP contribution in [0.4, 0.5) is 4.39 Å². The van der Waals surface area contributed by atoms with Gasteiger partial charge < -0.3 is 4.18 Å². The molecule has 3 aromatic rings. The highest BCUT2D eigenvalue weighted by atomic mass is 32.2. The normalized spacial score (nSPS) is 11.5. The number of halogens is 1. The fourth-order valence-corrected chi connectivity index (χ4v) is 3.18. The van der Waals surface area contributed by atoms with Crippen molar-refractivity contribution in [3.63, 3.8) is 0 Å². The lowest BCUT2D eigenvalue weighted by atomic mass is 10.1. The molecule has 0 fully saturated rings. The van der Waals surface area contributed by atoms with E-state index in [0.717, 1.165) is 16.8 Å². The van der Waals surface area contributed by atoms with Gasteiger partial charge in [0.1, 0.15) is 16.5 Å². The van der Waals surface area contributed by atoms with E-state index in [1.165, 1.54) is 19.1 Å². The molecule has 112 valence electrons. The molecule has 0 aliphatic carbocycles. The van der Waals surface area contributed by atoms with Crippen LogP contribution in [0.1, 0.15) is 5.56 Å². The molecule has 0 saturated heterocycles. The summed E-state index contributed by atoms with van der Waals surface area (Å²) in [5.74, 6) is -0.231. The zero-order valence-corrected chi connectivity index (χ0v) is 12.6. The molecule has 5 heteroatoms. The molecule has 22 heavy (non-hydrogen) atoms. The average Bonchev–Trinajstić information content (AvgIpc) is 2.49. The van der Waals surface area contributed by atoms with Gasteiger partial charge in [-0.3, -0.25) is 0 Å². The molecule has 0 radical (unpaired) electrons. The number of hydrogen-bond donors (Lipinski definition) is 0. The molecule has 3 aromatic carbocycles. The zero-order chi connectivity index (χ0) is 15.7. The van der Waals surface area contributed by atoms with Gasteiger partial charge in [-0.1, -0.05) is 30.3 Å². The van der Waals surface area contributed by atoms with Crippen molar-refractivity contribution in [1.29, 1.82) is 0 Å². The maximum Gasteiger partial charge on any atom is 0.339 e. The van der Waals surface area contributed by atoms with Crippen molar-refractivity contribution in [3.05, 3.63) is 72.0 Å². The summed E-state index contributed by atoms with van der Waals surface area (Å²) in [6, 6.07) is 16.2. The molecule has 0 N–H and O–H groups in total. The van der Waals surface area contributed by atoms with Crippen LogP contribution in [-0.2, 0) is 10.1 Å². The second kappa shape index (κ2) is 5.42. The Bertz CT molecular complexity index is 949. The van der Waals surface area contributed by atoms with Crippen LogP contribution in [0.5, 0.6) is 5.75 Å². The minimum Gasteiger partial charge on any atom is -0.379 e. The standard InChI is InChI=1S/C17H13FO3S/c1-12-10-16(8-9-17(12)18)22(19,20)21-15-7-6-13-4-2-3-5-14(13)11-15/h2-11H,1H3. The Morgan fingerprint density at radius 3 is 2.36 bits per heavy atom. The predicted octanol–water partition coefficient (Wildman–Crippen LogP) is 4.06. The maximum absolute atomic E-state index is 13.3. The number of fused-ring (bicyclic) bond motifs is 1. The lowest BCUT2D eigenvalue weighted by Gasteiger charge is -2.09. The topological polar surface area (TPSA) is 43.4 Å². The van der Waals surface area contributed by atoms with Crippen LogP contribution in [0.15, 0.2) is 65.6 Å². The third kappa shape index (κ3) is 2.80. The molecule has 0 unspecified atom stereocenters. The van der Waals surface area contributed by atoms with Gasteiger partial charge in [-0.05, 0) is 53.6 Å². The van der Waals surface area contributed by atoms with E-state index in [1.54, 1.807) is 18.2 Å². The van der Waals surface area contributed by atoms with Gasteiger partial charge in [0, 0.05) is 0 Å². The molecule has 0 saturated carbocycles. The van der Waals surface area contributed by atoms with Crippen molar-refractivity contribution >= 4 is 20.9 Å². The Balaban J connectivity index is 1.97. The summed E-state index contributed by atoms with van der Waals surface area (Å²) in [6.07, 6.45) is 0. The Kier molecular flexibility index (Phi) is 3.58. The van der Waals surface area contributed by atoms with Crippen LogP contribution in [0.25, 0.3) is 10.8 Å². The van der Waals surface area contributed by atoms with E-state index >= 15 is 0 Å². The van der Waals surface area contributed by atoms with E-state index in [-0.39, 0.29) is 16.2 Å². The smallest absolute Gasteiger partial charge is 0.339 e. The lowest BCUT2D eigenvalue weighted by molar-refractivity contribution is 0.486. The largest absolute Gasteiger partial charge is 0.379 e. The van der Waals surface area contributed by atoms with Crippen molar-refractivity contribution in [2.45, 2.75) is 11.8 Å². The highest BCUT2D eigenvalue weighted by Crippen LogP contribution is 2.24. The van der Waals surface area contributed by atoms with E-state index in [9.17, 15) is 12.8 Å². The van der Waals surface area contributed by atoms with Gasteiger partial charge in [-0.2, -0.15) is 8.42 Å². The van der Waals surface area contributed by atoms with Crippen LogP contribution in [-0.4, -0.2) is 8.42 Å². The quantitative estimate of drug-likeness (QED) is 0.685. The lowest BCUT2D eigenvalue weighted by Crippen LogP contribution is -2.10. The van der Waals surface area contributed by atoms with E-state index in [1.807, 2.05) is 24.3 Å². The molecule has 0 bridgehead atoms. The molecule has 3 nitrogen and oxygen atoms in total. The second-order valence-corrected chi connectivity index (χ2v) is 6.50. The minimum atomic E-state index is -3.99. The van der Waals surface area contributed by atoms with Crippen molar-refractivity contribution in [3.8, 4) is 5.75 Å². The fourth-order valence-electron chi connectivity index (χ4n) is 2.17. The predicted molar refractivity (Wildman–Crippen MR) is 82.9 cm³/mol. The molecule has 0 aliphatic rings. The number of aryl methyl sites for hydroxylation is 1. The van der Waals surface area contributed by atoms with Gasteiger partial charge in [0.05, 0.1) is 0 Å². The zero-order valence-electron chi connectivity index (χ0n) is 11.8. The van der Waals surface area contributed by atoms with Gasteiger partial charge in [0.2, 0.25) is 0 Å². The molecule has 0 amide bonds. The summed E-state index contributed by atoms with van der Waals surface area (Å²) in [7, 11) is -3.99. The monoisotopic (exact) mass is 316 g/mol. The Labute approximate surface area is 128 Å². The second-order valence-electron chi connectivity index (χ2n) is 4.96. The van der Waals surface area contributed by atoms with Crippen LogP contribution in [0.2, 0.25) is 0 Å². The molecular formula is C17H13FO3S. The minimum absolute atomic E-state index is 0.0699. The maximum atomic E-state index is 13.3. The van der Waals surface area contributed by atoms with Crippen LogP contribution in [0, 0.1) is 12.7 Å². The van der Waals surface area contributed by atoms with Gasteiger partial charge in [-0.25, -0.2) is 4.39 Å². The fraction of sp³-hybridized carbons (Fsp3) is 0.0588. The first kappa shape index (κ1) is 14.5. The van der Waals surface area contributed by atoms with Crippen molar-refractivity contribution in [1.82, 2.24) is 0 Å². The van der Waals surface area contributed by atoms with E-state index in [0.29, 0.717) is 0 Å². The van der Waals surface area contributed by atoms with Gasteiger partial charge in [0.25, 0.3) is 0 Å². The Morgan fingerprint density at radius 1 is 0.909 bits per heavy atom. The average molecular weight is 316 g/mol. The highest BCUT2D eigenvalue weighted by molar-refractivity contribution is 7.87. The molecule has 0 atom stereocenters. The number of hydrogen-bond acceptors (Lipinski definition) is 3. The SMILES string of the molecule is Cc1cc(S(=O)(=O)Oc2ccc3ccccc3c2)ccc1F. The number of rotatable bonds is 3. The summed E-state index contributed by atoms with van der Waals surface area (Å²) in [5, 5.41) is 1.87. The Hall–Kier alpha value is -2.40. The summed E-state index contributed by atoms with van der Waals surface area (Å²) in [6.45, 7) is 1.50. The molecule has 0 aromatic heterocycles. The van der Waals surface area contributed by atoms with Gasteiger partial charge in [-0.15, -0.1) is 0 Å². The molecule has 0 spiro atoms. The van der Waals surface area contributed by atoms with E-state index < -0.39 is 15.9 Å². The first-order valence-corrected chi connectivity index (χ1v) is 8.06. The number of benzene rings is 3. The van der Waals surface area contributed by atoms with Crippen LogP contribution >= 0.6 is 0 Å². The van der Waals surface area contributed by atoms with Crippen LogP contribution < -0.4 is 4.18 Å². The summed E-state index contributed by atoms with van der Waals surface area (Å²) in [4.78, 5) is -0.0699. The van der Waals surface area contributed by atoms with Gasteiger partial charge in [0.15, 0.2) is 0 Å². The highest BCUT2D eigenvalue weighted by Gasteiger charge is 2.18. The van der Waals surface area contributed by atoms with E-state index in [2.05, 4.69) is 0 Å². The summed E-state index contributed by atoms with van der Waals surface area (Å²) in [5.41, 5.74) is 0.253. The Morgan fingerprint density at radius 2 is 1.64 bits per heavy atom. The van der Waals surface area contributed by atoms with Gasteiger partial charge >= 0.3 is 10.1 Å². The first-order valence-electron chi connectivity index (χ1n) is 6.65. The summed E-state index contributed by atoms with van der Waals surface area (Å²) >= 11 is 0.